The van der Waals surface area contributed by atoms with Crippen molar-refractivity contribution in [2.45, 2.75) is 6.54 Å². The second kappa shape index (κ2) is 5.14. The predicted octanol–water partition coefficient (Wildman–Crippen LogP) is 2.73. The lowest BCUT2D eigenvalue weighted by molar-refractivity contribution is -0.138. The molecule has 3 rings (SSSR count). The van der Waals surface area contributed by atoms with Crippen molar-refractivity contribution in [3.8, 4) is 0 Å². The summed E-state index contributed by atoms with van der Waals surface area (Å²) < 4.78 is 12.9. The third-order valence-corrected chi connectivity index (χ3v) is 4.05. The molecule has 0 unspecified atom stereocenters. The van der Waals surface area contributed by atoms with Gasteiger partial charge in [-0.05, 0) is 29.1 Å². The lowest BCUT2D eigenvalue weighted by Gasteiger charge is -2.14. The first-order valence-electron chi connectivity index (χ1n) is 6.15. The van der Waals surface area contributed by atoms with E-state index in [2.05, 4.69) is 0 Å². The Morgan fingerprint density at radius 2 is 1.81 bits per heavy atom. The Labute approximate surface area is 123 Å². The van der Waals surface area contributed by atoms with Crippen molar-refractivity contribution >= 4 is 28.7 Å². The predicted molar refractivity (Wildman–Crippen MR) is 75.8 cm³/mol. The third kappa shape index (κ3) is 2.34. The summed E-state index contributed by atoms with van der Waals surface area (Å²) in [5.41, 5.74) is 0.635. The van der Waals surface area contributed by atoms with E-state index in [1.807, 2.05) is 0 Å². The first-order valence-corrected chi connectivity index (χ1v) is 7.03. The van der Waals surface area contributed by atoms with E-state index in [0.717, 1.165) is 4.90 Å². The highest BCUT2D eigenvalue weighted by Crippen LogP contribution is 2.31. The molecule has 2 heterocycles. The minimum absolute atomic E-state index is 0.00309. The Bertz CT molecular complexity index is 735. The molecule has 0 spiro atoms. The van der Waals surface area contributed by atoms with Crippen molar-refractivity contribution in [1.29, 1.82) is 0 Å². The normalized spacial score (nSPS) is 15.2. The molecule has 2 aromatic rings. The Kier molecular flexibility index (Phi) is 3.31. The van der Waals surface area contributed by atoms with Crippen LogP contribution in [0.15, 0.2) is 47.5 Å². The van der Waals surface area contributed by atoms with Gasteiger partial charge in [0.05, 0.1) is 6.54 Å². The molecule has 1 aliphatic heterocycles. The van der Waals surface area contributed by atoms with Gasteiger partial charge < -0.3 is 5.11 Å². The summed E-state index contributed by atoms with van der Waals surface area (Å²) in [5, 5.41) is 11.7. The van der Waals surface area contributed by atoms with Gasteiger partial charge in [-0.2, -0.15) is 0 Å². The van der Waals surface area contributed by atoms with Gasteiger partial charge >= 0.3 is 0 Å². The number of benzene rings is 1. The van der Waals surface area contributed by atoms with Crippen molar-refractivity contribution in [1.82, 2.24) is 4.90 Å². The summed E-state index contributed by atoms with van der Waals surface area (Å²) in [4.78, 5) is 25.8. The minimum atomic E-state index is -0.729. The zero-order valence-electron chi connectivity index (χ0n) is 10.7. The fourth-order valence-corrected chi connectivity index (χ4v) is 2.88. The molecule has 1 aromatic carbocycles. The number of rotatable bonds is 3. The average molecular weight is 303 g/mol. The number of aliphatic hydroxyl groups excluding tert-OH is 1. The number of nitrogens with zero attached hydrogens (tertiary/aromatic N) is 1. The molecule has 1 aliphatic rings. The van der Waals surface area contributed by atoms with Crippen molar-refractivity contribution in [2.24, 2.45) is 0 Å². The summed E-state index contributed by atoms with van der Waals surface area (Å²) >= 11 is 1.27. The van der Waals surface area contributed by atoms with Crippen LogP contribution >= 0.6 is 11.3 Å². The number of amides is 2. The lowest BCUT2D eigenvalue weighted by Crippen LogP contribution is -2.31. The molecule has 0 saturated carbocycles. The van der Waals surface area contributed by atoms with E-state index >= 15 is 0 Å². The SMILES string of the molecule is O=C1C(O)=C(c2cccs2)C(=O)N1Cc1ccc(F)cc1. The molecule has 2 amide bonds. The van der Waals surface area contributed by atoms with Crippen LogP contribution in [-0.2, 0) is 16.1 Å². The van der Waals surface area contributed by atoms with Gasteiger partial charge in [-0.15, -0.1) is 11.3 Å². The maximum atomic E-state index is 12.9. The van der Waals surface area contributed by atoms with Gasteiger partial charge in [0.15, 0.2) is 5.76 Å². The number of hydrogen-bond donors (Lipinski definition) is 1. The first-order chi connectivity index (χ1) is 10.1. The molecule has 1 N–H and O–H groups in total. The molecule has 0 fully saturated rings. The monoisotopic (exact) mass is 303 g/mol. The van der Waals surface area contributed by atoms with Crippen molar-refractivity contribution < 1.29 is 19.1 Å². The molecule has 6 heteroatoms. The zero-order valence-corrected chi connectivity index (χ0v) is 11.6. The Morgan fingerprint density at radius 3 is 2.43 bits per heavy atom. The van der Waals surface area contributed by atoms with Crippen LogP contribution < -0.4 is 0 Å². The van der Waals surface area contributed by atoms with Gasteiger partial charge in [0.2, 0.25) is 0 Å². The molecule has 0 bridgehead atoms. The number of carbonyl (C=O) groups excluding carboxylic acids is 2. The van der Waals surface area contributed by atoms with Gasteiger partial charge in [0.25, 0.3) is 11.8 Å². The van der Waals surface area contributed by atoms with Gasteiger partial charge in [0, 0.05) is 4.88 Å². The average Bonchev–Trinajstić information content (AvgIpc) is 3.05. The molecule has 0 aliphatic carbocycles. The molecular formula is C15H10FNO3S. The maximum Gasteiger partial charge on any atom is 0.296 e. The quantitative estimate of drug-likeness (QED) is 0.887. The Hall–Kier alpha value is -2.47. The largest absolute Gasteiger partial charge is 0.502 e. The van der Waals surface area contributed by atoms with Crippen LogP contribution in [0.2, 0.25) is 0 Å². The molecule has 0 saturated heterocycles. The minimum Gasteiger partial charge on any atom is -0.502 e. The number of hydrogen-bond acceptors (Lipinski definition) is 4. The molecule has 4 nitrogen and oxygen atoms in total. The van der Waals surface area contributed by atoms with Crippen LogP contribution in [0.3, 0.4) is 0 Å². The first kappa shape index (κ1) is 13.5. The number of halogens is 1. The molecule has 0 atom stereocenters. The van der Waals surface area contributed by atoms with Gasteiger partial charge in [-0.25, -0.2) is 4.39 Å². The highest BCUT2D eigenvalue weighted by molar-refractivity contribution is 7.11. The van der Waals surface area contributed by atoms with E-state index in [9.17, 15) is 19.1 Å². The zero-order chi connectivity index (χ0) is 15.0. The van der Waals surface area contributed by atoms with E-state index in [-0.39, 0.29) is 12.1 Å². The Morgan fingerprint density at radius 1 is 1.10 bits per heavy atom. The van der Waals surface area contributed by atoms with Crippen LogP contribution in [0, 0.1) is 5.82 Å². The van der Waals surface area contributed by atoms with Crippen LogP contribution in [0.4, 0.5) is 4.39 Å². The van der Waals surface area contributed by atoms with E-state index < -0.39 is 23.4 Å². The number of thiophene rings is 1. The molecule has 106 valence electrons. The topological polar surface area (TPSA) is 57.6 Å². The highest BCUT2D eigenvalue weighted by Gasteiger charge is 2.39. The van der Waals surface area contributed by atoms with Crippen LogP contribution in [-0.4, -0.2) is 21.8 Å². The second-order valence-corrected chi connectivity index (χ2v) is 5.47. The summed E-state index contributed by atoms with van der Waals surface area (Å²) in [7, 11) is 0. The van der Waals surface area contributed by atoms with E-state index in [4.69, 9.17) is 0 Å². The highest BCUT2D eigenvalue weighted by atomic mass is 32.1. The van der Waals surface area contributed by atoms with Crippen LogP contribution in [0.5, 0.6) is 0 Å². The number of imide groups is 1. The second-order valence-electron chi connectivity index (χ2n) is 4.52. The number of carbonyl (C=O) groups is 2. The summed E-state index contributed by atoms with van der Waals surface area (Å²) in [6.45, 7) is -0.00309. The molecular weight excluding hydrogens is 293 g/mol. The number of aliphatic hydroxyl groups is 1. The fourth-order valence-electron chi connectivity index (χ4n) is 2.12. The van der Waals surface area contributed by atoms with E-state index in [1.54, 1.807) is 17.5 Å². The van der Waals surface area contributed by atoms with Crippen molar-refractivity contribution in [3.63, 3.8) is 0 Å². The van der Waals surface area contributed by atoms with Crippen LogP contribution in [0.1, 0.15) is 10.4 Å². The smallest absolute Gasteiger partial charge is 0.296 e. The third-order valence-electron chi connectivity index (χ3n) is 3.17. The van der Waals surface area contributed by atoms with Gasteiger partial charge in [-0.1, -0.05) is 18.2 Å². The standard InChI is InChI=1S/C15H10FNO3S/c16-10-5-3-9(4-6-10)8-17-14(19)12(13(18)15(17)20)11-2-1-7-21-11/h1-7,18H,8H2. The molecule has 21 heavy (non-hydrogen) atoms. The van der Waals surface area contributed by atoms with E-state index in [0.29, 0.717) is 10.4 Å². The van der Waals surface area contributed by atoms with Crippen LogP contribution in [0.25, 0.3) is 5.57 Å². The van der Waals surface area contributed by atoms with Gasteiger partial charge in [-0.3, -0.25) is 14.5 Å². The summed E-state index contributed by atoms with van der Waals surface area (Å²) in [5.74, 6) is -2.19. The maximum absolute atomic E-state index is 12.9. The lowest BCUT2D eigenvalue weighted by atomic mass is 10.2. The van der Waals surface area contributed by atoms with Crippen molar-refractivity contribution in [3.05, 3.63) is 63.8 Å². The van der Waals surface area contributed by atoms with Gasteiger partial charge in [0.1, 0.15) is 11.4 Å². The van der Waals surface area contributed by atoms with E-state index in [1.165, 1.54) is 35.6 Å². The molecule has 1 aromatic heterocycles. The Balaban J connectivity index is 1.88. The summed E-state index contributed by atoms with van der Waals surface area (Å²) in [6.07, 6.45) is 0. The fraction of sp³-hybridized carbons (Fsp3) is 0.0667. The molecule has 0 radical (unpaired) electrons. The van der Waals surface area contributed by atoms with Crippen molar-refractivity contribution in [2.75, 3.05) is 0 Å². The summed E-state index contributed by atoms with van der Waals surface area (Å²) in [6, 6.07) is 8.91.